The van der Waals surface area contributed by atoms with Crippen LogP contribution in [0.3, 0.4) is 0 Å². The summed E-state index contributed by atoms with van der Waals surface area (Å²) in [7, 11) is 10.0. The Balaban J connectivity index is 2.20. The molecule has 1 unspecified atom stereocenters. The van der Waals surface area contributed by atoms with Crippen molar-refractivity contribution in [2.45, 2.75) is 19.5 Å². The number of hydrogen-bond acceptors (Lipinski definition) is 3. The number of benzene rings is 1. The monoisotopic (exact) mass is 371 g/mol. The normalized spacial score (nSPS) is 12.9. The highest BCUT2D eigenvalue weighted by Gasteiger charge is 2.18. The molecular weight excluding hydrogens is 338 g/mol. The predicted octanol–water partition coefficient (Wildman–Crippen LogP) is 2.73. The van der Waals surface area contributed by atoms with E-state index in [4.69, 9.17) is 9.73 Å². The molecule has 0 fully saturated rings. The second kappa shape index (κ2) is 10.0. The van der Waals surface area contributed by atoms with E-state index in [0.29, 0.717) is 6.54 Å². The molecule has 0 aliphatic heterocycles. The Kier molecular flexibility index (Phi) is 7.73. The number of aryl methyl sites for hydroxylation is 1. The van der Waals surface area contributed by atoms with Crippen molar-refractivity contribution in [2.24, 2.45) is 12.0 Å². The first-order valence-electron chi connectivity index (χ1n) is 9.36. The molecule has 2 rings (SSSR count). The van der Waals surface area contributed by atoms with Crippen LogP contribution in [0.5, 0.6) is 5.75 Å². The summed E-state index contributed by atoms with van der Waals surface area (Å²) in [6, 6.07) is 12.5. The maximum absolute atomic E-state index is 5.56. The van der Waals surface area contributed by atoms with E-state index >= 15 is 0 Å². The minimum Gasteiger partial charge on any atom is -0.496 e. The lowest BCUT2D eigenvalue weighted by molar-refractivity contribution is 0.294. The van der Waals surface area contributed by atoms with Gasteiger partial charge in [0.05, 0.1) is 26.2 Å². The van der Waals surface area contributed by atoms with Crippen molar-refractivity contribution >= 4 is 5.96 Å². The fraction of sp³-hybridized carbons (Fsp3) is 0.476. The Bertz CT molecular complexity index is 738. The molecule has 0 saturated heterocycles. The Labute approximate surface area is 163 Å². The van der Waals surface area contributed by atoms with Gasteiger partial charge >= 0.3 is 0 Å². The minimum absolute atomic E-state index is 0.137. The van der Waals surface area contributed by atoms with Crippen molar-refractivity contribution in [3.8, 4) is 5.75 Å². The zero-order chi connectivity index (χ0) is 19.8. The summed E-state index contributed by atoms with van der Waals surface area (Å²) < 4.78 is 7.69. The SMILES string of the molecule is CCNC(=NCC(c1ccccc1OC)N(C)C)N(C)Cc1cccn1C. The number of aliphatic imine (C=N–C) groups is 1. The van der Waals surface area contributed by atoms with Gasteiger partial charge in [0.2, 0.25) is 0 Å². The Morgan fingerprint density at radius 2 is 1.93 bits per heavy atom. The number of ether oxygens (including phenoxy) is 1. The van der Waals surface area contributed by atoms with E-state index in [1.165, 1.54) is 5.69 Å². The molecule has 1 atom stereocenters. The average Bonchev–Trinajstić information content (AvgIpc) is 3.05. The van der Waals surface area contributed by atoms with E-state index in [1.807, 2.05) is 18.2 Å². The van der Waals surface area contributed by atoms with Gasteiger partial charge < -0.3 is 24.4 Å². The summed E-state index contributed by atoms with van der Waals surface area (Å²) in [5.74, 6) is 1.80. The van der Waals surface area contributed by atoms with Crippen molar-refractivity contribution in [3.63, 3.8) is 0 Å². The molecule has 0 radical (unpaired) electrons. The number of guanidine groups is 1. The lowest BCUT2D eigenvalue weighted by atomic mass is 10.0. The zero-order valence-corrected chi connectivity index (χ0v) is 17.4. The number of methoxy groups -OCH3 is 1. The fourth-order valence-corrected chi connectivity index (χ4v) is 3.10. The minimum atomic E-state index is 0.137. The van der Waals surface area contributed by atoms with E-state index in [1.54, 1.807) is 7.11 Å². The molecule has 27 heavy (non-hydrogen) atoms. The molecule has 6 nitrogen and oxygen atoms in total. The van der Waals surface area contributed by atoms with Gasteiger partial charge in [-0.05, 0) is 39.2 Å². The van der Waals surface area contributed by atoms with Crippen LogP contribution < -0.4 is 10.1 Å². The molecule has 0 saturated carbocycles. The molecule has 0 bridgehead atoms. The second-order valence-corrected chi connectivity index (χ2v) is 6.88. The second-order valence-electron chi connectivity index (χ2n) is 6.88. The molecule has 0 aliphatic carbocycles. The van der Waals surface area contributed by atoms with Gasteiger partial charge in [-0.25, -0.2) is 0 Å². The van der Waals surface area contributed by atoms with Crippen molar-refractivity contribution in [2.75, 3.05) is 41.3 Å². The van der Waals surface area contributed by atoms with Crippen LogP contribution in [-0.2, 0) is 13.6 Å². The van der Waals surface area contributed by atoms with Gasteiger partial charge in [-0.15, -0.1) is 0 Å². The van der Waals surface area contributed by atoms with Gasteiger partial charge in [0.25, 0.3) is 0 Å². The van der Waals surface area contributed by atoms with Crippen molar-refractivity contribution in [1.82, 2.24) is 19.7 Å². The van der Waals surface area contributed by atoms with E-state index in [9.17, 15) is 0 Å². The number of rotatable bonds is 8. The van der Waals surface area contributed by atoms with Crippen molar-refractivity contribution in [3.05, 3.63) is 53.9 Å². The molecular formula is C21H33N5O. The van der Waals surface area contributed by atoms with Crippen LogP contribution >= 0.6 is 0 Å². The molecule has 0 spiro atoms. The van der Waals surface area contributed by atoms with E-state index < -0.39 is 0 Å². The van der Waals surface area contributed by atoms with Gasteiger partial charge in [-0.1, -0.05) is 18.2 Å². The number of aromatic nitrogens is 1. The summed E-state index contributed by atoms with van der Waals surface area (Å²) >= 11 is 0. The lowest BCUT2D eigenvalue weighted by Crippen LogP contribution is -2.39. The molecule has 1 heterocycles. The lowest BCUT2D eigenvalue weighted by Gasteiger charge is -2.27. The molecule has 148 valence electrons. The Hall–Kier alpha value is -2.47. The number of para-hydroxylation sites is 1. The Morgan fingerprint density at radius 3 is 2.52 bits per heavy atom. The number of hydrogen-bond donors (Lipinski definition) is 1. The first-order valence-corrected chi connectivity index (χ1v) is 9.36. The maximum Gasteiger partial charge on any atom is 0.194 e. The van der Waals surface area contributed by atoms with E-state index in [2.05, 4.69) is 79.2 Å². The topological polar surface area (TPSA) is 45.0 Å². The molecule has 0 aliphatic rings. The van der Waals surface area contributed by atoms with E-state index in [-0.39, 0.29) is 6.04 Å². The standard InChI is InChI=1S/C21H33N5O/c1-7-22-21(26(5)16-17-11-10-14-25(17)4)23-15-19(24(2)3)18-12-8-9-13-20(18)27-6/h8-14,19H,7,15-16H2,1-6H3,(H,22,23). The predicted molar refractivity (Wildman–Crippen MR) is 112 cm³/mol. The van der Waals surface area contributed by atoms with Crippen LogP contribution in [0.4, 0.5) is 0 Å². The summed E-state index contributed by atoms with van der Waals surface area (Å²) in [4.78, 5) is 9.27. The van der Waals surface area contributed by atoms with Crippen LogP contribution in [0.25, 0.3) is 0 Å². The smallest absolute Gasteiger partial charge is 0.194 e. The fourth-order valence-electron chi connectivity index (χ4n) is 3.10. The quantitative estimate of drug-likeness (QED) is 0.572. The molecule has 2 aromatic rings. The first-order chi connectivity index (χ1) is 13.0. The molecule has 1 aromatic heterocycles. The third-order valence-electron chi connectivity index (χ3n) is 4.68. The van der Waals surface area contributed by atoms with E-state index in [0.717, 1.165) is 30.4 Å². The molecule has 0 amide bonds. The van der Waals surface area contributed by atoms with Crippen LogP contribution in [0, 0.1) is 0 Å². The van der Waals surface area contributed by atoms with Gasteiger partial charge in [0.1, 0.15) is 5.75 Å². The van der Waals surface area contributed by atoms with Crippen molar-refractivity contribution < 1.29 is 4.74 Å². The molecule has 1 aromatic carbocycles. The van der Waals surface area contributed by atoms with Gasteiger partial charge in [-0.2, -0.15) is 0 Å². The average molecular weight is 372 g/mol. The summed E-state index contributed by atoms with van der Waals surface area (Å²) in [6.07, 6.45) is 2.07. The largest absolute Gasteiger partial charge is 0.496 e. The number of likely N-dealkylation sites (N-methyl/N-ethyl adjacent to an activating group) is 1. The van der Waals surface area contributed by atoms with Gasteiger partial charge in [0.15, 0.2) is 5.96 Å². The highest BCUT2D eigenvalue weighted by molar-refractivity contribution is 5.79. The molecule has 1 N–H and O–H groups in total. The van der Waals surface area contributed by atoms with Crippen LogP contribution in [0.15, 0.2) is 47.6 Å². The van der Waals surface area contributed by atoms with Gasteiger partial charge in [0, 0.05) is 38.1 Å². The van der Waals surface area contributed by atoms with Crippen LogP contribution in [0.2, 0.25) is 0 Å². The third-order valence-corrected chi connectivity index (χ3v) is 4.68. The van der Waals surface area contributed by atoms with Gasteiger partial charge in [-0.3, -0.25) is 4.99 Å². The number of nitrogens with one attached hydrogen (secondary N) is 1. The van der Waals surface area contributed by atoms with Crippen molar-refractivity contribution in [1.29, 1.82) is 0 Å². The summed E-state index contributed by atoms with van der Waals surface area (Å²) in [6.45, 7) is 4.37. The summed E-state index contributed by atoms with van der Waals surface area (Å²) in [5.41, 5.74) is 2.40. The summed E-state index contributed by atoms with van der Waals surface area (Å²) in [5, 5.41) is 3.41. The number of nitrogens with zero attached hydrogens (tertiary/aromatic N) is 4. The highest BCUT2D eigenvalue weighted by Crippen LogP contribution is 2.28. The zero-order valence-electron chi connectivity index (χ0n) is 17.4. The first kappa shape index (κ1) is 20.8. The third kappa shape index (κ3) is 5.50. The molecule has 6 heteroatoms. The highest BCUT2D eigenvalue weighted by atomic mass is 16.5. The van der Waals surface area contributed by atoms with Crippen LogP contribution in [-0.4, -0.2) is 61.7 Å². The Morgan fingerprint density at radius 1 is 1.19 bits per heavy atom. The van der Waals surface area contributed by atoms with Crippen LogP contribution in [0.1, 0.15) is 24.2 Å². The maximum atomic E-state index is 5.56.